The highest BCUT2D eigenvalue weighted by atomic mass is 16.5. The van der Waals surface area contributed by atoms with Gasteiger partial charge in [0.1, 0.15) is 12.4 Å². The minimum absolute atomic E-state index is 0.248. The summed E-state index contributed by atoms with van der Waals surface area (Å²) >= 11 is 0. The quantitative estimate of drug-likeness (QED) is 0.743. The highest BCUT2D eigenvalue weighted by molar-refractivity contribution is 5.27. The van der Waals surface area contributed by atoms with Gasteiger partial charge in [-0.2, -0.15) is 0 Å². The highest BCUT2D eigenvalue weighted by Gasteiger charge is 1.98. The summed E-state index contributed by atoms with van der Waals surface area (Å²) in [5.74, 6) is 3.20. The summed E-state index contributed by atoms with van der Waals surface area (Å²) in [6.07, 6.45) is 6.50. The van der Waals surface area contributed by atoms with Crippen LogP contribution < -0.4 is 4.74 Å². The van der Waals surface area contributed by atoms with Crippen LogP contribution in [0.2, 0.25) is 0 Å². The molecule has 1 aromatic carbocycles. The number of aryl methyl sites for hydroxylation is 1. The van der Waals surface area contributed by atoms with Crippen molar-refractivity contribution in [2.45, 2.75) is 25.9 Å². The summed E-state index contributed by atoms with van der Waals surface area (Å²) in [5, 5.41) is 9.14. The standard InChI is InChI=1S/C13H16O2/c1-3-10-15-13-8-6-12(7-9-13)5-4-11(2)14/h1,6-9,11,14H,4-5,10H2,2H3. The first-order valence-electron chi connectivity index (χ1n) is 5.05. The lowest BCUT2D eigenvalue weighted by Gasteiger charge is -2.06. The van der Waals surface area contributed by atoms with Gasteiger partial charge in [-0.15, -0.1) is 6.42 Å². The maximum Gasteiger partial charge on any atom is 0.148 e. The van der Waals surface area contributed by atoms with E-state index in [1.54, 1.807) is 6.92 Å². The Labute approximate surface area is 90.9 Å². The van der Waals surface area contributed by atoms with Gasteiger partial charge in [-0.25, -0.2) is 0 Å². The smallest absolute Gasteiger partial charge is 0.148 e. The van der Waals surface area contributed by atoms with Gasteiger partial charge in [0.15, 0.2) is 0 Å². The largest absolute Gasteiger partial charge is 0.481 e. The molecule has 1 N–H and O–H groups in total. The van der Waals surface area contributed by atoms with Gasteiger partial charge < -0.3 is 9.84 Å². The van der Waals surface area contributed by atoms with Gasteiger partial charge in [0.25, 0.3) is 0 Å². The minimum atomic E-state index is -0.248. The van der Waals surface area contributed by atoms with E-state index in [1.165, 1.54) is 5.56 Å². The number of ether oxygens (including phenoxy) is 1. The molecule has 0 heterocycles. The van der Waals surface area contributed by atoms with Crippen LogP contribution in [0, 0.1) is 12.3 Å². The van der Waals surface area contributed by atoms with Crippen molar-refractivity contribution >= 4 is 0 Å². The van der Waals surface area contributed by atoms with Crippen molar-refractivity contribution in [3.63, 3.8) is 0 Å². The SMILES string of the molecule is C#CCOc1ccc(CCC(C)O)cc1. The van der Waals surface area contributed by atoms with Gasteiger partial charge in [-0.3, -0.25) is 0 Å². The molecule has 0 aromatic heterocycles. The minimum Gasteiger partial charge on any atom is -0.481 e. The van der Waals surface area contributed by atoms with E-state index >= 15 is 0 Å². The van der Waals surface area contributed by atoms with Crippen LogP contribution in [0.25, 0.3) is 0 Å². The van der Waals surface area contributed by atoms with Crippen LogP contribution in [-0.2, 0) is 6.42 Å². The van der Waals surface area contributed by atoms with Crippen LogP contribution in [0.1, 0.15) is 18.9 Å². The molecule has 15 heavy (non-hydrogen) atoms. The van der Waals surface area contributed by atoms with Gasteiger partial charge in [0, 0.05) is 0 Å². The third-order valence-corrected chi connectivity index (χ3v) is 2.10. The Balaban J connectivity index is 2.46. The van der Waals surface area contributed by atoms with Crippen molar-refractivity contribution in [1.29, 1.82) is 0 Å². The molecule has 0 aliphatic rings. The molecule has 0 aliphatic carbocycles. The normalized spacial score (nSPS) is 11.8. The lowest BCUT2D eigenvalue weighted by molar-refractivity contribution is 0.185. The lowest BCUT2D eigenvalue weighted by Crippen LogP contribution is -2.01. The maximum absolute atomic E-state index is 9.14. The fourth-order valence-electron chi connectivity index (χ4n) is 1.25. The van der Waals surface area contributed by atoms with E-state index in [1.807, 2.05) is 24.3 Å². The Morgan fingerprint density at radius 2 is 2.07 bits per heavy atom. The Bertz CT molecular complexity index is 319. The second kappa shape index (κ2) is 6.10. The first kappa shape index (κ1) is 11.6. The number of aliphatic hydroxyl groups excluding tert-OH is 1. The molecule has 0 radical (unpaired) electrons. The molecule has 2 nitrogen and oxygen atoms in total. The summed E-state index contributed by atoms with van der Waals surface area (Å²) in [7, 11) is 0. The summed E-state index contributed by atoms with van der Waals surface area (Å²) in [5.41, 5.74) is 1.20. The van der Waals surface area contributed by atoms with Crippen LogP contribution in [0.5, 0.6) is 5.75 Å². The van der Waals surface area contributed by atoms with Gasteiger partial charge >= 0.3 is 0 Å². The Kier molecular flexibility index (Phi) is 4.73. The average molecular weight is 204 g/mol. The van der Waals surface area contributed by atoms with Crippen molar-refractivity contribution in [2.24, 2.45) is 0 Å². The van der Waals surface area contributed by atoms with Crippen molar-refractivity contribution in [3.05, 3.63) is 29.8 Å². The van der Waals surface area contributed by atoms with Crippen molar-refractivity contribution in [1.82, 2.24) is 0 Å². The number of terminal acetylenes is 1. The predicted octanol–water partition coefficient (Wildman–Crippen LogP) is 2.01. The van der Waals surface area contributed by atoms with Crippen LogP contribution in [0.4, 0.5) is 0 Å². The second-order valence-corrected chi connectivity index (χ2v) is 3.52. The van der Waals surface area contributed by atoms with E-state index in [0.717, 1.165) is 18.6 Å². The van der Waals surface area contributed by atoms with E-state index in [2.05, 4.69) is 5.92 Å². The number of hydrogen-bond acceptors (Lipinski definition) is 2. The van der Waals surface area contributed by atoms with Crippen LogP contribution in [-0.4, -0.2) is 17.8 Å². The fraction of sp³-hybridized carbons (Fsp3) is 0.385. The molecule has 1 aromatic rings. The van der Waals surface area contributed by atoms with Crippen molar-refractivity contribution in [3.8, 4) is 18.1 Å². The Hall–Kier alpha value is -1.46. The first-order valence-corrected chi connectivity index (χ1v) is 5.05. The molecule has 80 valence electrons. The first-order chi connectivity index (χ1) is 7.22. The summed E-state index contributed by atoms with van der Waals surface area (Å²) in [4.78, 5) is 0. The molecular formula is C13H16O2. The molecule has 0 bridgehead atoms. The molecule has 2 heteroatoms. The summed E-state index contributed by atoms with van der Waals surface area (Å²) < 4.78 is 5.25. The van der Waals surface area contributed by atoms with Crippen molar-refractivity contribution < 1.29 is 9.84 Å². The van der Waals surface area contributed by atoms with Gasteiger partial charge in [0.05, 0.1) is 6.10 Å². The third kappa shape index (κ3) is 4.53. The van der Waals surface area contributed by atoms with Crippen LogP contribution >= 0.6 is 0 Å². The molecule has 0 saturated heterocycles. The second-order valence-electron chi connectivity index (χ2n) is 3.52. The number of hydrogen-bond donors (Lipinski definition) is 1. The molecule has 0 amide bonds. The molecule has 0 fully saturated rings. The van der Waals surface area contributed by atoms with E-state index in [9.17, 15) is 0 Å². The molecule has 1 atom stereocenters. The van der Waals surface area contributed by atoms with Crippen molar-refractivity contribution in [2.75, 3.05) is 6.61 Å². The van der Waals surface area contributed by atoms with Crippen LogP contribution in [0.3, 0.4) is 0 Å². The predicted molar refractivity (Wildman–Crippen MR) is 60.8 cm³/mol. The summed E-state index contributed by atoms with van der Waals surface area (Å²) in [6, 6.07) is 7.78. The molecule has 1 unspecified atom stereocenters. The van der Waals surface area contributed by atoms with E-state index in [-0.39, 0.29) is 6.10 Å². The molecule has 0 spiro atoms. The fourth-order valence-corrected chi connectivity index (χ4v) is 1.25. The molecule has 1 rings (SSSR count). The molecular weight excluding hydrogens is 188 g/mol. The summed E-state index contributed by atoms with van der Waals surface area (Å²) in [6.45, 7) is 2.09. The van der Waals surface area contributed by atoms with E-state index < -0.39 is 0 Å². The zero-order valence-electron chi connectivity index (χ0n) is 8.94. The highest BCUT2D eigenvalue weighted by Crippen LogP contribution is 2.13. The van der Waals surface area contributed by atoms with E-state index in [0.29, 0.717) is 6.61 Å². The molecule has 0 saturated carbocycles. The van der Waals surface area contributed by atoms with Gasteiger partial charge in [0.2, 0.25) is 0 Å². The zero-order chi connectivity index (χ0) is 11.1. The van der Waals surface area contributed by atoms with Gasteiger partial charge in [-0.05, 0) is 37.5 Å². The van der Waals surface area contributed by atoms with Gasteiger partial charge in [-0.1, -0.05) is 18.1 Å². The maximum atomic E-state index is 9.14. The average Bonchev–Trinajstić information content (AvgIpc) is 2.25. The molecule has 0 aliphatic heterocycles. The zero-order valence-corrected chi connectivity index (χ0v) is 8.94. The van der Waals surface area contributed by atoms with Crippen LogP contribution in [0.15, 0.2) is 24.3 Å². The van der Waals surface area contributed by atoms with E-state index in [4.69, 9.17) is 16.3 Å². The number of aliphatic hydroxyl groups is 1. The monoisotopic (exact) mass is 204 g/mol. The Morgan fingerprint density at radius 1 is 1.40 bits per heavy atom. The topological polar surface area (TPSA) is 29.5 Å². The third-order valence-electron chi connectivity index (χ3n) is 2.10. The number of rotatable bonds is 5. The Morgan fingerprint density at radius 3 is 2.60 bits per heavy atom. The number of benzene rings is 1. The lowest BCUT2D eigenvalue weighted by atomic mass is 10.1.